The molecule has 1 aliphatic rings. The Kier molecular flexibility index (Phi) is 7.21. The van der Waals surface area contributed by atoms with Crippen LogP contribution in [-0.2, 0) is 0 Å². The van der Waals surface area contributed by atoms with Crippen LogP contribution in [0.5, 0.6) is 0 Å². The Morgan fingerprint density at radius 1 is 1.16 bits per heavy atom. The molecule has 19 heavy (non-hydrogen) atoms. The number of nitrogens with one attached hydrogen (secondary N) is 1. The van der Waals surface area contributed by atoms with E-state index in [2.05, 4.69) is 26.1 Å². The largest absolute Gasteiger partial charge is 0.314 e. The van der Waals surface area contributed by atoms with Crippen LogP contribution in [0.4, 0.5) is 8.78 Å². The molecule has 1 N–H and O–H groups in total. The molecular formula is C13H18BrClF2N2. The first-order valence-electron chi connectivity index (χ1n) is 6.15. The fourth-order valence-corrected chi connectivity index (χ4v) is 2.61. The second-order valence-electron chi connectivity index (χ2n) is 4.48. The van der Waals surface area contributed by atoms with E-state index >= 15 is 0 Å². The maximum Gasteiger partial charge on any atom is 0.240 e. The summed E-state index contributed by atoms with van der Waals surface area (Å²) in [5.74, 6) is 0. The van der Waals surface area contributed by atoms with Crippen molar-refractivity contribution in [3.05, 3.63) is 34.3 Å². The molecule has 0 bridgehead atoms. The Bertz CT molecular complexity index is 369. The van der Waals surface area contributed by atoms with Gasteiger partial charge in [-0.25, -0.2) is 8.78 Å². The summed E-state index contributed by atoms with van der Waals surface area (Å²) in [5.41, 5.74) is 0.973. The summed E-state index contributed by atoms with van der Waals surface area (Å²) >= 11 is 3.37. The molecule has 0 saturated carbocycles. The molecule has 1 aliphatic heterocycles. The Hall–Kier alpha value is -0.230. The number of rotatable bonds is 4. The molecule has 0 unspecified atom stereocenters. The average Bonchev–Trinajstić information content (AvgIpc) is 2.38. The first-order valence-corrected chi connectivity index (χ1v) is 6.94. The molecule has 1 aromatic carbocycles. The van der Waals surface area contributed by atoms with Gasteiger partial charge in [0.2, 0.25) is 6.43 Å². The van der Waals surface area contributed by atoms with Crippen LogP contribution in [0.25, 0.3) is 0 Å². The van der Waals surface area contributed by atoms with Gasteiger partial charge in [0, 0.05) is 43.1 Å². The van der Waals surface area contributed by atoms with E-state index in [0.29, 0.717) is 0 Å². The van der Waals surface area contributed by atoms with Gasteiger partial charge in [0.05, 0.1) is 0 Å². The van der Waals surface area contributed by atoms with Crippen LogP contribution in [0.15, 0.2) is 28.7 Å². The van der Waals surface area contributed by atoms with Crippen molar-refractivity contribution in [2.75, 3.05) is 26.2 Å². The minimum Gasteiger partial charge on any atom is -0.314 e. The van der Waals surface area contributed by atoms with Crippen molar-refractivity contribution in [2.24, 2.45) is 0 Å². The third kappa shape index (κ3) is 4.99. The number of halogens is 4. The Morgan fingerprint density at radius 3 is 2.26 bits per heavy atom. The topological polar surface area (TPSA) is 15.3 Å². The number of nitrogens with zero attached hydrogens (tertiary/aromatic N) is 1. The normalized spacial score (nSPS) is 18.1. The first kappa shape index (κ1) is 16.8. The van der Waals surface area contributed by atoms with Crippen LogP contribution in [0.3, 0.4) is 0 Å². The van der Waals surface area contributed by atoms with Gasteiger partial charge in [-0.05, 0) is 17.7 Å². The van der Waals surface area contributed by atoms with Crippen molar-refractivity contribution < 1.29 is 8.78 Å². The molecule has 6 heteroatoms. The highest BCUT2D eigenvalue weighted by molar-refractivity contribution is 9.10. The lowest BCUT2D eigenvalue weighted by Crippen LogP contribution is -2.45. The highest BCUT2D eigenvalue weighted by atomic mass is 79.9. The van der Waals surface area contributed by atoms with Crippen LogP contribution >= 0.6 is 28.3 Å². The van der Waals surface area contributed by atoms with Gasteiger partial charge in [0.1, 0.15) is 0 Å². The minimum absolute atomic E-state index is 0. The van der Waals surface area contributed by atoms with Crippen molar-refractivity contribution in [1.82, 2.24) is 10.2 Å². The molecular weight excluding hydrogens is 338 g/mol. The predicted octanol–water partition coefficient (Wildman–Crippen LogP) is 3.47. The Balaban J connectivity index is 0.00000180. The van der Waals surface area contributed by atoms with E-state index in [1.165, 1.54) is 0 Å². The number of hydrogen-bond donors (Lipinski definition) is 1. The van der Waals surface area contributed by atoms with E-state index in [9.17, 15) is 8.78 Å². The molecule has 2 nitrogen and oxygen atoms in total. The second kappa shape index (κ2) is 8.15. The van der Waals surface area contributed by atoms with Gasteiger partial charge in [0.25, 0.3) is 0 Å². The van der Waals surface area contributed by atoms with E-state index in [-0.39, 0.29) is 24.9 Å². The summed E-state index contributed by atoms with van der Waals surface area (Å²) in [7, 11) is 0. The fraction of sp³-hybridized carbons (Fsp3) is 0.538. The summed E-state index contributed by atoms with van der Waals surface area (Å²) in [6, 6.07) is 7.50. The fourth-order valence-electron chi connectivity index (χ4n) is 2.34. The van der Waals surface area contributed by atoms with Crippen LogP contribution in [0.2, 0.25) is 0 Å². The molecule has 0 aromatic heterocycles. The molecule has 1 heterocycles. The lowest BCUT2D eigenvalue weighted by molar-refractivity contribution is 0.0739. The van der Waals surface area contributed by atoms with Gasteiger partial charge < -0.3 is 5.32 Å². The van der Waals surface area contributed by atoms with E-state index in [1.54, 1.807) is 0 Å². The van der Waals surface area contributed by atoms with Crippen molar-refractivity contribution in [2.45, 2.75) is 18.9 Å². The third-order valence-corrected chi connectivity index (χ3v) is 3.78. The quantitative estimate of drug-likeness (QED) is 0.889. The van der Waals surface area contributed by atoms with Crippen molar-refractivity contribution in [1.29, 1.82) is 0 Å². The van der Waals surface area contributed by atoms with Gasteiger partial charge in [-0.2, -0.15) is 0 Å². The zero-order valence-corrected chi connectivity index (χ0v) is 12.9. The maximum atomic E-state index is 12.8. The summed E-state index contributed by atoms with van der Waals surface area (Å²) in [6.45, 7) is 3.40. The summed E-state index contributed by atoms with van der Waals surface area (Å²) in [5, 5.41) is 3.25. The number of alkyl halides is 2. The van der Waals surface area contributed by atoms with Gasteiger partial charge >= 0.3 is 0 Å². The van der Waals surface area contributed by atoms with Crippen LogP contribution in [-0.4, -0.2) is 37.5 Å². The number of piperazine rings is 1. The van der Waals surface area contributed by atoms with Gasteiger partial charge in [-0.15, -0.1) is 12.4 Å². The molecule has 0 amide bonds. The minimum atomic E-state index is -2.27. The maximum absolute atomic E-state index is 12.8. The molecule has 1 atom stereocenters. The van der Waals surface area contributed by atoms with Crippen molar-refractivity contribution in [3.63, 3.8) is 0 Å². The summed E-state index contributed by atoms with van der Waals surface area (Å²) in [6.07, 6.45) is -2.37. The Labute approximate surface area is 127 Å². The van der Waals surface area contributed by atoms with E-state index in [0.717, 1.165) is 36.2 Å². The van der Waals surface area contributed by atoms with Crippen LogP contribution in [0.1, 0.15) is 18.0 Å². The van der Waals surface area contributed by atoms with E-state index in [4.69, 9.17) is 0 Å². The van der Waals surface area contributed by atoms with E-state index in [1.807, 2.05) is 24.3 Å². The average molecular weight is 356 g/mol. The summed E-state index contributed by atoms with van der Waals surface area (Å²) in [4.78, 5) is 2.14. The molecule has 0 radical (unpaired) electrons. The first-order chi connectivity index (χ1) is 8.66. The highest BCUT2D eigenvalue weighted by Gasteiger charge is 2.25. The Morgan fingerprint density at radius 2 is 1.74 bits per heavy atom. The van der Waals surface area contributed by atoms with Crippen molar-refractivity contribution in [3.8, 4) is 0 Å². The zero-order chi connectivity index (χ0) is 13.0. The third-order valence-electron chi connectivity index (χ3n) is 3.25. The number of benzene rings is 1. The lowest BCUT2D eigenvalue weighted by Gasteiger charge is -2.35. The van der Waals surface area contributed by atoms with Crippen LogP contribution < -0.4 is 5.32 Å². The smallest absolute Gasteiger partial charge is 0.240 e. The van der Waals surface area contributed by atoms with Gasteiger partial charge in [-0.1, -0.05) is 28.1 Å². The molecule has 1 saturated heterocycles. The van der Waals surface area contributed by atoms with Gasteiger partial charge in [0.15, 0.2) is 0 Å². The molecule has 1 fully saturated rings. The monoisotopic (exact) mass is 354 g/mol. The number of hydrogen-bond acceptors (Lipinski definition) is 2. The standard InChI is InChI=1S/C13H17BrF2N2.ClH/c14-11-3-1-10(2-4-11)12(9-13(15)16)18-7-5-17-6-8-18;/h1-4,12-13,17H,5-9H2;1H/t12-;/m0./s1. The summed E-state index contributed by atoms with van der Waals surface area (Å²) < 4.78 is 26.5. The molecule has 0 spiro atoms. The second-order valence-corrected chi connectivity index (χ2v) is 5.40. The highest BCUT2D eigenvalue weighted by Crippen LogP contribution is 2.28. The molecule has 0 aliphatic carbocycles. The molecule has 2 rings (SSSR count). The molecule has 108 valence electrons. The van der Waals surface area contributed by atoms with E-state index < -0.39 is 6.43 Å². The van der Waals surface area contributed by atoms with Gasteiger partial charge in [-0.3, -0.25) is 4.90 Å². The zero-order valence-electron chi connectivity index (χ0n) is 10.5. The predicted molar refractivity (Wildman–Crippen MR) is 79.2 cm³/mol. The molecule has 1 aromatic rings. The van der Waals surface area contributed by atoms with Crippen LogP contribution in [0, 0.1) is 0 Å². The SMILES string of the molecule is Cl.FC(F)C[C@@H](c1ccc(Br)cc1)N1CCNCC1. The lowest BCUT2D eigenvalue weighted by atomic mass is 10.0. The van der Waals surface area contributed by atoms with Crippen molar-refractivity contribution >= 4 is 28.3 Å².